The Morgan fingerprint density at radius 2 is 1.59 bits per heavy atom. The van der Waals surface area contributed by atoms with Gasteiger partial charge in [-0.3, -0.25) is 14.4 Å². The molecule has 4 aromatic carbocycles. The minimum Gasteiger partial charge on any atom is -0.495 e. The molecule has 0 fully saturated rings. The molecule has 9 heteroatoms. The lowest BCUT2D eigenvalue weighted by Crippen LogP contribution is -2.30. The summed E-state index contributed by atoms with van der Waals surface area (Å²) in [4.78, 5) is 39.9. The SMILES string of the molecule is COc1ccccc1NC(=O)C(C)Sc1cccc(NC(=O)/C(=C\c2cccc(Br)c2)NC(=O)c2ccccc2)c1. The number of amides is 3. The average molecular weight is 631 g/mol. The molecule has 0 aromatic heterocycles. The summed E-state index contributed by atoms with van der Waals surface area (Å²) in [5.41, 5.74) is 2.36. The summed E-state index contributed by atoms with van der Waals surface area (Å²) in [7, 11) is 1.55. The number of carbonyl (C=O) groups is 3. The van der Waals surface area contributed by atoms with Crippen molar-refractivity contribution in [2.45, 2.75) is 17.1 Å². The summed E-state index contributed by atoms with van der Waals surface area (Å²) >= 11 is 4.79. The quantitative estimate of drug-likeness (QED) is 0.130. The molecule has 0 heterocycles. The number of ether oxygens (including phenoxy) is 1. The van der Waals surface area contributed by atoms with Crippen molar-refractivity contribution in [2.75, 3.05) is 17.7 Å². The summed E-state index contributed by atoms with van der Waals surface area (Å²) in [6.07, 6.45) is 1.61. The fraction of sp³-hybridized carbons (Fsp3) is 0.0938. The van der Waals surface area contributed by atoms with Crippen molar-refractivity contribution >= 4 is 62.9 Å². The highest BCUT2D eigenvalue weighted by molar-refractivity contribution is 9.10. The summed E-state index contributed by atoms with van der Waals surface area (Å²) < 4.78 is 6.16. The van der Waals surface area contributed by atoms with Gasteiger partial charge < -0.3 is 20.7 Å². The molecule has 0 bridgehead atoms. The van der Waals surface area contributed by atoms with Gasteiger partial charge in [0.2, 0.25) is 5.91 Å². The van der Waals surface area contributed by atoms with Crippen molar-refractivity contribution in [1.29, 1.82) is 0 Å². The topological polar surface area (TPSA) is 96.5 Å². The molecule has 0 saturated carbocycles. The van der Waals surface area contributed by atoms with E-state index in [-0.39, 0.29) is 11.6 Å². The van der Waals surface area contributed by atoms with Crippen LogP contribution in [0.5, 0.6) is 5.75 Å². The Bertz CT molecular complexity index is 1580. The van der Waals surface area contributed by atoms with E-state index >= 15 is 0 Å². The van der Waals surface area contributed by atoms with Gasteiger partial charge >= 0.3 is 0 Å². The van der Waals surface area contributed by atoms with Gasteiger partial charge in [0.25, 0.3) is 11.8 Å². The number of nitrogens with one attached hydrogen (secondary N) is 3. The van der Waals surface area contributed by atoms with E-state index in [1.54, 1.807) is 74.7 Å². The number of hydrogen-bond acceptors (Lipinski definition) is 5. The molecule has 3 N–H and O–H groups in total. The van der Waals surface area contributed by atoms with E-state index in [0.29, 0.717) is 22.7 Å². The molecule has 208 valence electrons. The van der Waals surface area contributed by atoms with Gasteiger partial charge in [0.15, 0.2) is 0 Å². The van der Waals surface area contributed by atoms with Crippen LogP contribution in [0.15, 0.2) is 118 Å². The number of thioether (sulfide) groups is 1. The van der Waals surface area contributed by atoms with Crippen molar-refractivity contribution < 1.29 is 19.1 Å². The molecule has 41 heavy (non-hydrogen) atoms. The zero-order valence-corrected chi connectivity index (χ0v) is 24.8. The first-order valence-corrected chi connectivity index (χ1v) is 14.4. The number of para-hydroxylation sites is 2. The normalized spacial score (nSPS) is 11.7. The van der Waals surface area contributed by atoms with E-state index in [0.717, 1.165) is 14.9 Å². The first-order valence-electron chi connectivity index (χ1n) is 12.7. The zero-order chi connectivity index (χ0) is 29.2. The van der Waals surface area contributed by atoms with E-state index < -0.39 is 17.1 Å². The lowest BCUT2D eigenvalue weighted by atomic mass is 10.1. The highest BCUT2D eigenvalue weighted by Crippen LogP contribution is 2.29. The second kappa shape index (κ2) is 14.3. The Hall–Kier alpha value is -4.34. The number of methoxy groups -OCH3 is 1. The Balaban J connectivity index is 1.48. The standard InChI is InChI=1S/C32H28BrN3O4S/c1-21(30(37)35-27-16-6-7-17-29(27)40-2)41-26-15-9-14-25(20-26)34-32(39)28(19-22-10-8-13-24(33)18-22)36-31(38)23-11-4-3-5-12-23/h3-21H,1-2H3,(H,34,39)(H,35,37)(H,36,38)/b28-19+. The molecule has 0 aliphatic carbocycles. The molecule has 4 rings (SSSR count). The lowest BCUT2D eigenvalue weighted by Gasteiger charge is -2.15. The Morgan fingerprint density at radius 1 is 0.854 bits per heavy atom. The van der Waals surface area contributed by atoms with Gasteiger partial charge in [-0.05, 0) is 73.2 Å². The largest absolute Gasteiger partial charge is 0.495 e. The first kappa shape index (κ1) is 29.6. The van der Waals surface area contributed by atoms with Gasteiger partial charge in [-0.1, -0.05) is 64.5 Å². The minimum absolute atomic E-state index is 0.0829. The predicted octanol–water partition coefficient (Wildman–Crippen LogP) is 6.99. The number of benzene rings is 4. The smallest absolute Gasteiger partial charge is 0.272 e. The zero-order valence-electron chi connectivity index (χ0n) is 22.4. The number of carbonyl (C=O) groups excluding carboxylic acids is 3. The van der Waals surface area contributed by atoms with Crippen LogP contribution in [-0.4, -0.2) is 30.1 Å². The lowest BCUT2D eigenvalue weighted by molar-refractivity contribution is -0.115. The highest BCUT2D eigenvalue weighted by Gasteiger charge is 2.18. The predicted molar refractivity (Wildman–Crippen MR) is 168 cm³/mol. The molecular weight excluding hydrogens is 602 g/mol. The van der Waals surface area contributed by atoms with E-state index in [9.17, 15) is 14.4 Å². The summed E-state index contributed by atoms with van der Waals surface area (Å²) in [5.74, 6) is -0.495. The van der Waals surface area contributed by atoms with Crippen LogP contribution in [0.2, 0.25) is 0 Å². The Morgan fingerprint density at radius 3 is 2.34 bits per heavy atom. The minimum atomic E-state index is -0.488. The molecule has 0 saturated heterocycles. The van der Waals surface area contributed by atoms with Crippen molar-refractivity contribution in [1.82, 2.24) is 5.32 Å². The van der Waals surface area contributed by atoms with Crippen molar-refractivity contribution in [3.8, 4) is 5.75 Å². The maximum Gasteiger partial charge on any atom is 0.272 e. The van der Waals surface area contributed by atoms with Crippen molar-refractivity contribution in [3.63, 3.8) is 0 Å². The highest BCUT2D eigenvalue weighted by atomic mass is 79.9. The molecule has 0 spiro atoms. The fourth-order valence-electron chi connectivity index (χ4n) is 3.79. The van der Waals surface area contributed by atoms with Crippen LogP contribution in [0.4, 0.5) is 11.4 Å². The van der Waals surface area contributed by atoms with Gasteiger partial charge in [-0.2, -0.15) is 0 Å². The monoisotopic (exact) mass is 629 g/mol. The van der Waals surface area contributed by atoms with Crippen molar-refractivity contribution in [3.05, 3.63) is 124 Å². The molecule has 0 aliphatic heterocycles. The molecule has 4 aromatic rings. The van der Waals surface area contributed by atoms with Crippen LogP contribution in [-0.2, 0) is 9.59 Å². The number of anilines is 2. The fourth-order valence-corrected chi connectivity index (χ4v) is 5.13. The van der Waals surface area contributed by atoms with Crippen LogP contribution in [0, 0.1) is 0 Å². The van der Waals surface area contributed by atoms with Gasteiger partial charge in [0, 0.05) is 20.6 Å². The number of rotatable bonds is 10. The first-order chi connectivity index (χ1) is 19.8. The molecule has 0 aliphatic rings. The summed E-state index contributed by atoms with van der Waals surface area (Å²) in [5, 5.41) is 8.08. The Labute approximate surface area is 251 Å². The Kier molecular flexibility index (Phi) is 10.4. The second-order valence-corrected chi connectivity index (χ2v) is 11.2. The maximum atomic E-state index is 13.4. The van der Waals surface area contributed by atoms with E-state index in [2.05, 4.69) is 31.9 Å². The van der Waals surface area contributed by atoms with E-state index in [1.165, 1.54) is 11.8 Å². The van der Waals surface area contributed by atoms with Gasteiger partial charge in [0.05, 0.1) is 18.0 Å². The molecule has 1 atom stereocenters. The number of halogens is 1. The third-order valence-electron chi connectivity index (χ3n) is 5.83. The van der Waals surface area contributed by atoms with E-state index in [4.69, 9.17) is 4.74 Å². The summed E-state index contributed by atoms with van der Waals surface area (Å²) in [6.45, 7) is 1.80. The maximum absolute atomic E-state index is 13.4. The van der Waals surface area contributed by atoms with Gasteiger partial charge in [-0.15, -0.1) is 11.8 Å². The third-order valence-corrected chi connectivity index (χ3v) is 7.41. The van der Waals surface area contributed by atoms with Crippen molar-refractivity contribution in [2.24, 2.45) is 0 Å². The molecule has 7 nitrogen and oxygen atoms in total. The summed E-state index contributed by atoms with van der Waals surface area (Å²) in [6, 6.07) is 30.5. The molecular formula is C32H28BrN3O4S. The van der Waals surface area contributed by atoms with E-state index in [1.807, 2.05) is 48.5 Å². The van der Waals surface area contributed by atoms with Crippen LogP contribution in [0.3, 0.4) is 0 Å². The molecule has 1 unspecified atom stereocenters. The van der Waals surface area contributed by atoms with Crippen LogP contribution < -0.4 is 20.7 Å². The molecule has 3 amide bonds. The van der Waals surface area contributed by atoms with Crippen LogP contribution in [0.1, 0.15) is 22.8 Å². The van der Waals surface area contributed by atoms with Gasteiger partial charge in [-0.25, -0.2) is 0 Å². The number of hydrogen-bond donors (Lipinski definition) is 3. The van der Waals surface area contributed by atoms with Crippen LogP contribution in [0.25, 0.3) is 6.08 Å². The van der Waals surface area contributed by atoms with Gasteiger partial charge in [0.1, 0.15) is 11.4 Å². The third kappa shape index (κ3) is 8.57. The van der Waals surface area contributed by atoms with Crippen LogP contribution >= 0.6 is 27.7 Å². The molecule has 0 radical (unpaired) electrons. The second-order valence-electron chi connectivity index (χ2n) is 8.86. The average Bonchev–Trinajstić information content (AvgIpc) is 2.97.